The second-order valence-corrected chi connectivity index (χ2v) is 8.97. The van der Waals surface area contributed by atoms with Crippen molar-refractivity contribution in [1.82, 2.24) is 14.7 Å². The van der Waals surface area contributed by atoms with Crippen molar-refractivity contribution < 1.29 is 9.18 Å². The van der Waals surface area contributed by atoms with Crippen molar-refractivity contribution in [3.63, 3.8) is 0 Å². The van der Waals surface area contributed by atoms with Gasteiger partial charge in [0.25, 0.3) is 0 Å². The van der Waals surface area contributed by atoms with Crippen LogP contribution in [0, 0.1) is 18.2 Å². The van der Waals surface area contributed by atoms with E-state index in [9.17, 15) is 9.18 Å². The average molecular weight is 433 g/mol. The van der Waals surface area contributed by atoms with Gasteiger partial charge in [-0.25, -0.2) is 4.39 Å². The molecule has 0 aliphatic carbocycles. The Kier molecular flexibility index (Phi) is 5.33. The monoisotopic (exact) mass is 432 g/mol. The number of hydrogen-bond acceptors (Lipinski definition) is 3. The highest BCUT2D eigenvalue weighted by molar-refractivity contribution is 6.06. The highest BCUT2D eigenvalue weighted by Gasteiger charge is 2.61. The Hall–Kier alpha value is -2.99. The number of piperidine rings is 1. The van der Waals surface area contributed by atoms with Gasteiger partial charge in [0.2, 0.25) is 5.91 Å². The quantitative estimate of drug-likeness (QED) is 0.548. The van der Waals surface area contributed by atoms with Gasteiger partial charge in [0.05, 0.1) is 17.7 Å². The molecule has 5 nitrogen and oxygen atoms in total. The minimum absolute atomic E-state index is 0.0651. The molecule has 2 aromatic carbocycles. The van der Waals surface area contributed by atoms with E-state index in [4.69, 9.17) is 0 Å². The number of aromatic nitrogens is 2. The van der Waals surface area contributed by atoms with Gasteiger partial charge < -0.3 is 4.90 Å². The van der Waals surface area contributed by atoms with E-state index in [1.54, 1.807) is 11.0 Å². The molecule has 1 spiro atoms. The van der Waals surface area contributed by atoms with E-state index in [1.165, 1.54) is 23.4 Å². The standard InChI is InChI=1S/C26H29FN4O/c1-3-30-19(2)21(17-28-30)18-29-14-12-26(13-15-29)24(20-8-5-4-6-9-20)31(25(26)32)23-11-7-10-22(27)16-23/h4-11,16-17,24H,3,12-15,18H2,1-2H3. The first kappa shape index (κ1) is 20.9. The minimum Gasteiger partial charge on any atom is -0.303 e. The Morgan fingerprint density at radius 1 is 1.09 bits per heavy atom. The number of β-lactam (4-membered cyclic amide) rings is 1. The lowest BCUT2D eigenvalue weighted by Gasteiger charge is -2.59. The molecule has 0 radical (unpaired) electrons. The lowest BCUT2D eigenvalue weighted by molar-refractivity contribution is -0.145. The maximum atomic E-state index is 13.9. The molecule has 3 heterocycles. The molecule has 1 amide bonds. The molecule has 0 saturated carbocycles. The molecule has 1 unspecified atom stereocenters. The van der Waals surface area contributed by atoms with Gasteiger partial charge in [-0.15, -0.1) is 0 Å². The van der Waals surface area contributed by atoms with Crippen LogP contribution in [0.5, 0.6) is 0 Å². The average Bonchev–Trinajstić information content (AvgIpc) is 3.17. The molecule has 0 N–H and O–H groups in total. The molecule has 2 aliphatic heterocycles. The Labute approximate surface area is 188 Å². The molecule has 2 fully saturated rings. The predicted octanol–water partition coefficient (Wildman–Crippen LogP) is 4.72. The Balaban J connectivity index is 1.38. The molecule has 1 aromatic heterocycles. The third-order valence-corrected chi connectivity index (χ3v) is 7.27. The van der Waals surface area contributed by atoms with E-state index >= 15 is 0 Å². The van der Waals surface area contributed by atoms with Crippen LogP contribution in [-0.4, -0.2) is 33.7 Å². The summed E-state index contributed by atoms with van der Waals surface area (Å²) in [6.45, 7) is 7.68. The highest BCUT2D eigenvalue weighted by Crippen LogP contribution is 2.57. The minimum atomic E-state index is -0.424. The third kappa shape index (κ3) is 3.34. The van der Waals surface area contributed by atoms with Crippen molar-refractivity contribution in [2.24, 2.45) is 5.41 Å². The van der Waals surface area contributed by atoms with Crippen LogP contribution < -0.4 is 4.90 Å². The SMILES string of the molecule is CCn1ncc(CN2CCC3(CC2)C(=O)N(c2cccc(F)c2)C3c2ccccc2)c1C. The van der Waals surface area contributed by atoms with Crippen LogP contribution in [0.15, 0.2) is 60.8 Å². The normalized spacial score (nSPS) is 20.5. The largest absolute Gasteiger partial charge is 0.303 e. The molecular weight excluding hydrogens is 403 g/mol. The zero-order valence-corrected chi connectivity index (χ0v) is 18.7. The zero-order valence-electron chi connectivity index (χ0n) is 18.7. The van der Waals surface area contributed by atoms with Crippen LogP contribution in [0.4, 0.5) is 10.1 Å². The van der Waals surface area contributed by atoms with Crippen LogP contribution >= 0.6 is 0 Å². The topological polar surface area (TPSA) is 41.4 Å². The maximum absolute atomic E-state index is 13.9. The van der Waals surface area contributed by atoms with Gasteiger partial charge in [-0.2, -0.15) is 5.10 Å². The molecule has 5 rings (SSSR count). The van der Waals surface area contributed by atoms with E-state index < -0.39 is 5.41 Å². The number of anilines is 1. The van der Waals surface area contributed by atoms with Crippen molar-refractivity contribution in [2.75, 3.05) is 18.0 Å². The number of likely N-dealkylation sites (tertiary alicyclic amines) is 1. The fourth-order valence-corrected chi connectivity index (χ4v) is 5.45. The molecule has 0 bridgehead atoms. The number of halogens is 1. The molecular formula is C26H29FN4O. The van der Waals surface area contributed by atoms with Crippen LogP contribution in [-0.2, 0) is 17.9 Å². The van der Waals surface area contributed by atoms with Gasteiger partial charge in [-0.05, 0) is 63.5 Å². The molecule has 3 aromatic rings. The van der Waals surface area contributed by atoms with Crippen molar-refractivity contribution in [1.29, 1.82) is 0 Å². The second-order valence-electron chi connectivity index (χ2n) is 8.97. The molecule has 166 valence electrons. The summed E-state index contributed by atoms with van der Waals surface area (Å²) in [5.74, 6) is -0.201. The fourth-order valence-electron chi connectivity index (χ4n) is 5.45. The second kappa shape index (κ2) is 8.17. The molecule has 32 heavy (non-hydrogen) atoms. The smallest absolute Gasteiger partial charge is 0.236 e. The molecule has 2 saturated heterocycles. The van der Waals surface area contributed by atoms with Gasteiger partial charge in [0.1, 0.15) is 5.82 Å². The van der Waals surface area contributed by atoms with E-state index in [0.717, 1.165) is 44.6 Å². The van der Waals surface area contributed by atoms with Crippen molar-refractivity contribution >= 4 is 11.6 Å². The summed E-state index contributed by atoms with van der Waals surface area (Å²) in [4.78, 5) is 17.8. The van der Waals surface area contributed by atoms with Gasteiger partial charge >= 0.3 is 0 Å². The summed E-state index contributed by atoms with van der Waals surface area (Å²) in [6, 6.07) is 16.5. The Morgan fingerprint density at radius 2 is 1.84 bits per heavy atom. The molecule has 2 aliphatic rings. The molecule has 1 atom stereocenters. The fraction of sp³-hybridized carbons (Fsp3) is 0.385. The van der Waals surface area contributed by atoms with Gasteiger partial charge in [0.15, 0.2) is 0 Å². The van der Waals surface area contributed by atoms with E-state index in [0.29, 0.717) is 5.69 Å². The van der Waals surface area contributed by atoms with E-state index in [-0.39, 0.29) is 17.8 Å². The van der Waals surface area contributed by atoms with Crippen LogP contribution in [0.3, 0.4) is 0 Å². The summed E-state index contributed by atoms with van der Waals surface area (Å²) in [6.07, 6.45) is 3.58. The predicted molar refractivity (Wildman–Crippen MR) is 123 cm³/mol. The number of carbonyl (C=O) groups is 1. The summed E-state index contributed by atoms with van der Waals surface area (Å²) >= 11 is 0. The number of nitrogens with zero attached hydrogens (tertiary/aromatic N) is 4. The summed E-state index contributed by atoms with van der Waals surface area (Å²) in [7, 11) is 0. The number of hydrogen-bond donors (Lipinski definition) is 0. The number of amides is 1. The van der Waals surface area contributed by atoms with E-state index in [2.05, 4.69) is 36.0 Å². The molecule has 6 heteroatoms. The lowest BCUT2D eigenvalue weighted by atomic mass is 9.62. The lowest BCUT2D eigenvalue weighted by Crippen LogP contribution is -2.66. The first-order chi connectivity index (χ1) is 15.5. The van der Waals surface area contributed by atoms with Crippen LogP contribution in [0.2, 0.25) is 0 Å². The number of rotatable bonds is 5. The van der Waals surface area contributed by atoms with Crippen molar-refractivity contribution in [3.05, 3.63) is 83.4 Å². The number of benzene rings is 2. The van der Waals surface area contributed by atoms with Crippen molar-refractivity contribution in [3.8, 4) is 0 Å². The summed E-state index contributed by atoms with van der Waals surface area (Å²) in [5, 5.41) is 4.47. The Bertz CT molecular complexity index is 1120. The van der Waals surface area contributed by atoms with Crippen LogP contribution in [0.25, 0.3) is 0 Å². The number of aryl methyl sites for hydroxylation is 1. The maximum Gasteiger partial charge on any atom is 0.236 e. The zero-order chi connectivity index (χ0) is 22.3. The first-order valence-corrected chi connectivity index (χ1v) is 11.4. The third-order valence-electron chi connectivity index (χ3n) is 7.27. The summed E-state index contributed by atoms with van der Waals surface area (Å²) < 4.78 is 16.0. The first-order valence-electron chi connectivity index (χ1n) is 11.4. The van der Waals surface area contributed by atoms with Gasteiger partial charge in [-0.1, -0.05) is 36.4 Å². The van der Waals surface area contributed by atoms with E-state index in [1.807, 2.05) is 35.1 Å². The summed E-state index contributed by atoms with van der Waals surface area (Å²) in [5.41, 5.74) is 3.80. The van der Waals surface area contributed by atoms with Crippen LogP contribution in [0.1, 0.15) is 42.6 Å². The highest BCUT2D eigenvalue weighted by atomic mass is 19.1. The van der Waals surface area contributed by atoms with Gasteiger partial charge in [0, 0.05) is 30.0 Å². The van der Waals surface area contributed by atoms with Gasteiger partial charge in [-0.3, -0.25) is 14.4 Å². The Morgan fingerprint density at radius 3 is 2.50 bits per heavy atom. The number of carbonyl (C=O) groups excluding carboxylic acids is 1. The van der Waals surface area contributed by atoms with Crippen molar-refractivity contribution in [2.45, 2.75) is 45.8 Å².